The fourth-order valence-corrected chi connectivity index (χ4v) is 3.78. The number of fused-ring (bicyclic) bond motifs is 1. The van der Waals surface area contributed by atoms with E-state index in [0.717, 1.165) is 17.0 Å². The van der Waals surface area contributed by atoms with Crippen molar-refractivity contribution in [2.45, 2.75) is 12.1 Å². The average molecular weight is 464 g/mol. The molecule has 4 aromatic rings. The number of amides is 1. The van der Waals surface area contributed by atoms with Gasteiger partial charge in [-0.2, -0.15) is 9.61 Å². The third-order valence-corrected chi connectivity index (χ3v) is 5.55. The van der Waals surface area contributed by atoms with Crippen LogP contribution in [0.4, 0.5) is 5.69 Å². The van der Waals surface area contributed by atoms with Crippen LogP contribution in [0.2, 0.25) is 0 Å². The van der Waals surface area contributed by atoms with E-state index in [9.17, 15) is 9.59 Å². The predicted octanol–water partition coefficient (Wildman–Crippen LogP) is 3.71. The van der Waals surface area contributed by atoms with E-state index in [1.54, 1.807) is 42.8 Å². The van der Waals surface area contributed by atoms with Gasteiger partial charge in [-0.15, -0.1) is 10.2 Å². The molecule has 10 heteroatoms. The molecule has 4 rings (SSSR count). The minimum absolute atomic E-state index is 0.0586. The Labute approximate surface area is 194 Å². The molecule has 1 amide bonds. The zero-order valence-corrected chi connectivity index (χ0v) is 18.8. The molecule has 0 saturated heterocycles. The number of hydrogen-bond donors (Lipinski definition) is 1. The molecule has 2 aromatic heterocycles. The summed E-state index contributed by atoms with van der Waals surface area (Å²) in [6, 6.07) is 18.0. The van der Waals surface area contributed by atoms with Gasteiger partial charge < -0.3 is 14.8 Å². The van der Waals surface area contributed by atoms with Gasteiger partial charge in [0.2, 0.25) is 11.1 Å². The summed E-state index contributed by atoms with van der Waals surface area (Å²) in [6.45, 7) is 1.98. The second-order valence-corrected chi connectivity index (χ2v) is 7.75. The van der Waals surface area contributed by atoms with Crippen LogP contribution in [0.1, 0.15) is 17.3 Å². The standard InChI is InChI=1S/C23H21N5O4S/c1-3-32-22(30)17-9-4-5-10-19(17)24-21(29)14-33-23-26-25-20-12-11-18(27-28(20)23)15-7-6-8-16(13-15)31-2/h4-13H,3,14H2,1-2H3,(H,24,29). The van der Waals surface area contributed by atoms with Gasteiger partial charge in [0.1, 0.15) is 5.75 Å². The first-order valence-corrected chi connectivity index (χ1v) is 11.1. The number of methoxy groups -OCH3 is 1. The van der Waals surface area contributed by atoms with Crippen LogP contribution in [0.3, 0.4) is 0 Å². The van der Waals surface area contributed by atoms with Crippen molar-refractivity contribution < 1.29 is 19.1 Å². The van der Waals surface area contributed by atoms with E-state index >= 15 is 0 Å². The predicted molar refractivity (Wildman–Crippen MR) is 125 cm³/mol. The Bertz CT molecular complexity index is 1310. The molecule has 0 saturated carbocycles. The number of thioether (sulfide) groups is 1. The largest absolute Gasteiger partial charge is 0.497 e. The lowest BCUT2D eigenvalue weighted by Crippen LogP contribution is -2.17. The van der Waals surface area contributed by atoms with Crippen molar-refractivity contribution in [1.29, 1.82) is 0 Å². The van der Waals surface area contributed by atoms with E-state index < -0.39 is 5.97 Å². The van der Waals surface area contributed by atoms with Gasteiger partial charge in [-0.05, 0) is 43.3 Å². The zero-order valence-electron chi connectivity index (χ0n) is 18.0. The van der Waals surface area contributed by atoms with E-state index in [4.69, 9.17) is 9.47 Å². The van der Waals surface area contributed by atoms with E-state index in [-0.39, 0.29) is 18.3 Å². The monoisotopic (exact) mass is 463 g/mol. The molecule has 0 fully saturated rings. The summed E-state index contributed by atoms with van der Waals surface area (Å²) in [5.41, 5.74) is 2.86. The molecule has 0 unspecified atom stereocenters. The molecular weight excluding hydrogens is 442 g/mol. The molecule has 2 aromatic carbocycles. The fraction of sp³-hybridized carbons (Fsp3) is 0.174. The van der Waals surface area contributed by atoms with Gasteiger partial charge in [0.25, 0.3) is 0 Å². The van der Waals surface area contributed by atoms with Crippen LogP contribution in [-0.2, 0) is 9.53 Å². The number of carbonyl (C=O) groups excluding carboxylic acids is 2. The van der Waals surface area contributed by atoms with Gasteiger partial charge >= 0.3 is 5.97 Å². The Morgan fingerprint density at radius 2 is 1.91 bits per heavy atom. The lowest BCUT2D eigenvalue weighted by Gasteiger charge is -2.10. The van der Waals surface area contributed by atoms with Gasteiger partial charge in [-0.1, -0.05) is 36.0 Å². The Balaban J connectivity index is 1.49. The molecule has 168 valence electrons. The van der Waals surface area contributed by atoms with Crippen molar-refractivity contribution in [2.24, 2.45) is 0 Å². The first-order valence-electron chi connectivity index (χ1n) is 10.1. The topological polar surface area (TPSA) is 108 Å². The van der Waals surface area contributed by atoms with Crippen LogP contribution >= 0.6 is 11.8 Å². The van der Waals surface area contributed by atoms with Crippen LogP contribution in [0.15, 0.2) is 65.8 Å². The molecule has 9 nitrogen and oxygen atoms in total. The maximum Gasteiger partial charge on any atom is 0.340 e. The Hall–Kier alpha value is -3.92. The van der Waals surface area contributed by atoms with E-state index in [0.29, 0.717) is 22.1 Å². The summed E-state index contributed by atoms with van der Waals surface area (Å²) in [4.78, 5) is 24.7. The number of rotatable bonds is 8. The average Bonchev–Trinajstić information content (AvgIpc) is 3.25. The van der Waals surface area contributed by atoms with Crippen LogP contribution in [0.25, 0.3) is 16.9 Å². The van der Waals surface area contributed by atoms with Gasteiger partial charge in [-0.25, -0.2) is 4.79 Å². The van der Waals surface area contributed by atoms with Crippen molar-refractivity contribution in [2.75, 3.05) is 24.8 Å². The number of aromatic nitrogens is 4. The molecule has 0 radical (unpaired) electrons. The highest BCUT2D eigenvalue weighted by atomic mass is 32.2. The maximum absolute atomic E-state index is 12.6. The molecule has 0 spiro atoms. The minimum Gasteiger partial charge on any atom is -0.497 e. The van der Waals surface area contributed by atoms with Gasteiger partial charge in [0.15, 0.2) is 5.65 Å². The number of ether oxygens (including phenoxy) is 2. The van der Waals surface area contributed by atoms with Gasteiger partial charge in [0, 0.05) is 5.56 Å². The number of anilines is 1. The third kappa shape index (κ3) is 5.12. The second kappa shape index (κ2) is 10.1. The summed E-state index contributed by atoms with van der Waals surface area (Å²) < 4.78 is 11.9. The van der Waals surface area contributed by atoms with Crippen molar-refractivity contribution in [3.05, 3.63) is 66.2 Å². The number of benzene rings is 2. The molecule has 2 heterocycles. The fourth-order valence-electron chi connectivity index (χ4n) is 3.09. The maximum atomic E-state index is 12.6. The Morgan fingerprint density at radius 3 is 2.73 bits per heavy atom. The summed E-state index contributed by atoms with van der Waals surface area (Å²) >= 11 is 1.19. The van der Waals surface area contributed by atoms with Gasteiger partial charge in [-0.3, -0.25) is 4.79 Å². The van der Waals surface area contributed by atoms with Crippen molar-refractivity contribution in [1.82, 2.24) is 19.8 Å². The molecular formula is C23H21N5O4S. The normalized spacial score (nSPS) is 10.7. The molecule has 0 atom stereocenters. The molecule has 0 bridgehead atoms. The minimum atomic E-state index is -0.487. The molecule has 0 aliphatic heterocycles. The van der Waals surface area contributed by atoms with Crippen LogP contribution < -0.4 is 10.1 Å². The summed E-state index contributed by atoms with van der Waals surface area (Å²) in [5.74, 6) is 0.00647. The van der Waals surface area contributed by atoms with E-state index in [1.807, 2.05) is 36.4 Å². The number of esters is 1. The van der Waals surface area contributed by atoms with Gasteiger partial charge in [0.05, 0.1) is 36.4 Å². The SMILES string of the molecule is CCOC(=O)c1ccccc1NC(=O)CSc1nnc2ccc(-c3cccc(OC)c3)nn12. The lowest BCUT2D eigenvalue weighted by atomic mass is 10.1. The Morgan fingerprint density at radius 1 is 1.06 bits per heavy atom. The first-order chi connectivity index (χ1) is 16.1. The number of para-hydroxylation sites is 1. The third-order valence-electron chi connectivity index (χ3n) is 4.63. The number of nitrogens with one attached hydrogen (secondary N) is 1. The summed E-state index contributed by atoms with van der Waals surface area (Å²) in [6.07, 6.45) is 0. The number of nitrogens with zero attached hydrogens (tertiary/aromatic N) is 4. The quantitative estimate of drug-likeness (QED) is 0.311. The number of carbonyl (C=O) groups is 2. The van der Waals surface area contributed by atoms with Crippen LogP contribution in [0, 0.1) is 0 Å². The number of hydrogen-bond acceptors (Lipinski definition) is 8. The van der Waals surface area contributed by atoms with Crippen LogP contribution in [0.5, 0.6) is 5.75 Å². The lowest BCUT2D eigenvalue weighted by molar-refractivity contribution is -0.113. The van der Waals surface area contributed by atoms with Crippen molar-refractivity contribution >= 4 is 35.0 Å². The molecule has 0 aliphatic carbocycles. The smallest absolute Gasteiger partial charge is 0.340 e. The molecule has 33 heavy (non-hydrogen) atoms. The zero-order chi connectivity index (χ0) is 23.2. The molecule has 1 N–H and O–H groups in total. The first kappa shape index (κ1) is 22.3. The highest BCUT2D eigenvalue weighted by Gasteiger charge is 2.16. The van der Waals surface area contributed by atoms with E-state index in [1.165, 1.54) is 11.8 Å². The highest BCUT2D eigenvalue weighted by Crippen LogP contribution is 2.24. The Kier molecular flexibility index (Phi) is 6.84. The highest BCUT2D eigenvalue weighted by molar-refractivity contribution is 7.99. The van der Waals surface area contributed by atoms with E-state index in [2.05, 4.69) is 20.6 Å². The molecule has 0 aliphatic rings. The summed E-state index contributed by atoms with van der Waals surface area (Å²) in [7, 11) is 1.61. The van der Waals surface area contributed by atoms with Crippen molar-refractivity contribution in [3.63, 3.8) is 0 Å². The van der Waals surface area contributed by atoms with Crippen molar-refractivity contribution in [3.8, 4) is 17.0 Å². The second-order valence-electron chi connectivity index (χ2n) is 6.81. The van der Waals surface area contributed by atoms with Crippen LogP contribution in [-0.4, -0.2) is 51.2 Å². The summed E-state index contributed by atoms with van der Waals surface area (Å²) in [5, 5.41) is 16.1.